The average molecular weight is 485 g/mol. The lowest BCUT2D eigenvalue weighted by Gasteiger charge is -2.29. The van der Waals surface area contributed by atoms with Gasteiger partial charge in [0.15, 0.2) is 11.6 Å². The predicted molar refractivity (Wildman–Crippen MR) is 121 cm³/mol. The zero-order valence-electron chi connectivity index (χ0n) is 20.0. The van der Waals surface area contributed by atoms with E-state index >= 15 is 0 Å². The van der Waals surface area contributed by atoms with Crippen LogP contribution < -0.4 is 0 Å². The summed E-state index contributed by atoms with van der Waals surface area (Å²) >= 11 is 0. The molecule has 10 heteroatoms. The molecular weight excluding hydrogens is 448 g/mol. The van der Waals surface area contributed by atoms with Gasteiger partial charge in [0.2, 0.25) is 0 Å². The summed E-state index contributed by atoms with van der Waals surface area (Å²) in [6.07, 6.45) is 4.01. The summed E-state index contributed by atoms with van der Waals surface area (Å²) in [5, 5.41) is 0. The third-order valence-corrected chi connectivity index (χ3v) is 5.51. The van der Waals surface area contributed by atoms with Crippen LogP contribution in [0.5, 0.6) is 0 Å². The first-order valence-corrected chi connectivity index (χ1v) is 11.2. The summed E-state index contributed by atoms with van der Waals surface area (Å²) in [5.41, 5.74) is 0. The number of rotatable bonds is 18. The highest BCUT2D eigenvalue weighted by Gasteiger charge is 2.35. The zero-order valence-corrected chi connectivity index (χ0v) is 20.0. The van der Waals surface area contributed by atoms with Crippen LogP contribution in [-0.4, -0.2) is 89.6 Å². The van der Waals surface area contributed by atoms with Crippen LogP contribution in [0.4, 0.5) is 0 Å². The van der Waals surface area contributed by atoms with E-state index in [-0.39, 0.29) is 51.2 Å². The van der Waals surface area contributed by atoms with Gasteiger partial charge >= 0.3 is 11.9 Å². The first-order valence-electron chi connectivity index (χ1n) is 11.2. The molecule has 0 heterocycles. The number of hydrogen-bond donors (Lipinski definition) is 0. The van der Waals surface area contributed by atoms with Crippen molar-refractivity contribution in [3.63, 3.8) is 0 Å². The third-order valence-electron chi connectivity index (χ3n) is 5.51. The molecule has 0 N–H and O–H groups in total. The first-order chi connectivity index (χ1) is 16.4. The predicted octanol–water partition coefficient (Wildman–Crippen LogP) is 1.45. The lowest BCUT2D eigenvalue weighted by molar-refractivity contribution is -0.146. The Morgan fingerprint density at radius 2 is 1.12 bits per heavy atom. The number of methoxy groups -OCH3 is 2. The number of ketones is 2. The SMILES string of the molecule is C=CC(=O)OCC(COCC(=O)C1CCCCC1C(=O)COCC(COC(=O)C=C)OC)OC. The number of hydrogen-bond acceptors (Lipinski definition) is 10. The van der Waals surface area contributed by atoms with Crippen LogP contribution in [0, 0.1) is 11.8 Å². The van der Waals surface area contributed by atoms with Gasteiger partial charge in [0.1, 0.15) is 38.6 Å². The maximum absolute atomic E-state index is 12.8. The molecular formula is C24H36O10. The van der Waals surface area contributed by atoms with Crippen LogP contribution >= 0.6 is 0 Å². The van der Waals surface area contributed by atoms with E-state index in [2.05, 4.69) is 13.2 Å². The molecule has 0 aromatic carbocycles. The van der Waals surface area contributed by atoms with Crippen molar-refractivity contribution < 1.29 is 47.6 Å². The molecule has 1 aliphatic carbocycles. The summed E-state index contributed by atoms with van der Waals surface area (Å²) in [5.74, 6) is -2.31. The minimum absolute atomic E-state index is 0.0212. The maximum Gasteiger partial charge on any atom is 0.330 e. The van der Waals surface area contributed by atoms with E-state index in [1.165, 1.54) is 14.2 Å². The second kappa shape index (κ2) is 17.1. The average Bonchev–Trinajstić information content (AvgIpc) is 2.87. The summed E-state index contributed by atoms with van der Waals surface area (Å²) in [6.45, 7) is 6.40. The largest absolute Gasteiger partial charge is 0.460 e. The van der Waals surface area contributed by atoms with Gasteiger partial charge in [-0.05, 0) is 12.8 Å². The highest BCUT2D eigenvalue weighted by atomic mass is 16.6. The molecule has 192 valence electrons. The van der Waals surface area contributed by atoms with E-state index in [0.29, 0.717) is 12.8 Å². The summed E-state index contributed by atoms with van der Waals surface area (Å²) in [4.78, 5) is 47.9. The molecule has 0 aromatic rings. The van der Waals surface area contributed by atoms with Gasteiger partial charge in [-0.3, -0.25) is 9.59 Å². The molecule has 0 bridgehead atoms. The molecule has 1 saturated carbocycles. The Morgan fingerprint density at radius 3 is 1.44 bits per heavy atom. The molecule has 34 heavy (non-hydrogen) atoms. The fourth-order valence-corrected chi connectivity index (χ4v) is 3.53. The fourth-order valence-electron chi connectivity index (χ4n) is 3.53. The molecule has 10 nitrogen and oxygen atoms in total. The molecule has 1 rings (SSSR count). The van der Waals surface area contributed by atoms with Gasteiger partial charge < -0.3 is 28.4 Å². The van der Waals surface area contributed by atoms with Crippen LogP contribution in [0.15, 0.2) is 25.3 Å². The van der Waals surface area contributed by atoms with Crippen molar-refractivity contribution >= 4 is 23.5 Å². The molecule has 0 saturated heterocycles. The summed E-state index contributed by atoms with van der Waals surface area (Å²) in [6, 6.07) is 0. The molecule has 0 spiro atoms. The van der Waals surface area contributed by atoms with Crippen LogP contribution in [0.2, 0.25) is 0 Å². The quantitative estimate of drug-likeness (QED) is 0.209. The highest BCUT2D eigenvalue weighted by molar-refractivity contribution is 5.91. The number of Topliss-reactive ketones (excluding diaryl/α,β-unsaturated/α-hetero) is 2. The Kier molecular flexibility index (Phi) is 14.9. The van der Waals surface area contributed by atoms with E-state index in [1.807, 2.05) is 0 Å². The number of esters is 2. The molecule has 1 fully saturated rings. The van der Waals surface area contributed by atoms with Crippen molar-refractivity contribution in [2.45, 2.75) is 37.9 Å². The third kappa shape index (κ3) is 11.1. The molecule has 0 aromatic heterocycles. The maximum atomic E-state index is 12.8. The highest BCUT2D eigenvalue weighted by Crippen LogP contribution is 2.31. The second-order valence-corrected chi connectivity index (χ2v) is 7.84. The van der Waals surface area contributed by atoms with Crippen molar-refractivity contribution in [3.05, 3.63) is 25.3 Å². The Hall–Kier alpha value is -2.40. The van der Waals surface area contributed by atoms with Gasteiger partial charge in [-0.25, -0.2) is 9.59 Å². The van der Waals surface area contributed by atoms with Crippen molar-refractivity contribution in [2.75, 3.05) is 53.9 Å². The Bertz CT molecular complexity index is 631. The van der Waals surface area contributed by atoms with Crippen molar-refractivity contribution in [2.24, 2.45) is 11.8 Å². The summed E-state index contributed by atoms with van der Waals surface area (Å²) < 4.78 is 31.2. The van der Waals surface area contributed by atoms with Crippen LogP contribution in [-0.2, 0) is 47.6 Å². The van der Waals surface area contributed by atoms with E-state index in [4.69, 9.17) is 28.4 Å². The number of carbonyl (C=O) groups excluding carboxylic acids is 4. The Balaban J connectivity index is 2.47. The van der Waals surface area contributed by atoms with Gasteiger partial charge in [0.25, 0.3) is 0 Å². The van der Waals surface area contributed by atoms with E-state index in [0.717, 1.165) is 25.0 Å². The van der Waals surface area contributed by atoms with Crippen molar-refractivity contribution in [1.82, 2.24) is 0 Å². The first kappa shape index (κ1) is 29.6. The Labute approximate surface area is 200 Å². The van der Waals surface area contributed by atoms with Crippen LogP contribution in [0.25, 0.3) is 0 Å². The van der Waals surface area contributed by atoms with Gasteiger partial charge in [-0.1, -0.05) is 26.0 Å². The number of ether oxygens (including phenoxy) is 6. The van der Waals surface area contributed by atoms with Crippen LogP contribution in [0.3, 0.4) is 0 Å². The van der Waals surface area contributed by atoms with Gasteiger partial charge in [-0.2, -0.15) is 0 Å². The molecule has 0 amide bonds. The monoisotopic (exact) mass is 484 g/mol. The van der Waals surface area contributed by atoms with Crippen molar-refractivity contribution in [3.8, 4) is 0 Å². The minimum Gasteiger partial charge on any atom is -0.460 e. The standard InChI is InChI=1S/C24H36O10/c1-5-23(27)33-13-17(29-3)11-31-15-21(25)19-9-7-8-10-20(19)22(26)16-32-12-18(30-4)14-34-24(28)6-2/h5-6,17-20H,1-2,7-16H2,3-4H3. The molecule has 0 radical (unpaired) electrons. The smallest absolute Gasteiger partial charge is 0.330 e. The topological polar surface area (TPSA) is 124 Å². The fraction of sp³-hybridized carbons (Fsp3) is 0.667. The van der Waals surface area contributed by atoms with E-state index < -0.39 is 36.0 Å². The second-order valence-electron chi connectivity index (χ2n) is 7.84. The van der Waals surface area contributed by atoms with Crippen LogP contribution in [0.1, 0.15) is 25.7 Å². The Morgan fingerprint density at radius 1 is 0.735 bits per heavy atom. The van der Waals surface area contributed by atoms with Gasteiger partial charge in [0, 0.05) is 38.2 Å². The lowest BCUT2D eigenvalue weighted by atomic mass is 9.75. The van der Waals surface area contributed by atoms with Gasteiger partial charge in [0.05, 0.1) is 13.2 Å². The van der Waals surface area contributed by atoms with Gasteiger partial charge in [-0.15, -0.1) is 0 Å². The van der Waals surface area contributed by atoms with E-state index in [9.17, 15) is 19.2 Å². The van der Waals surface area contributed by atoms with E-state index in [1.54, 1.807) is 0 Å². The molecule has 0 aliphatic heterocycles. The van der Waals surface area contributed by atoms with Crippen molar-refractivity contribution in [1.29, 1.82) is 0 Å². The zero-order chi connectivity index (χ0) is 25.3. The molecule has 1 aliphatic rings. The summed E-state index contributed by atoms with van der Waals surface area (Å²) in [7, 11) is 2.90. The lowest BCUT2D eigenvalue weighted by Crippen LogP contribution is -2.37. The normalized spacial score (nSPS) is 19.5. The molecule has 4 atom stereocenters. The minimum atomic E-state index is -0.571. The molecule has 4 unspecified atom stereocenters. The number of carbonyl (C=O) groups is 4.